The zero-order valence-corrected chi connectivity index (χ0v) is 13.5. The van der Waals surface area contributed by atoms with Crippen LogP contribution >= 0.6 is 11.6 Å². The van der Waals surface area contributed by atoms with Crippen molar-refractivity contribution in [2.75, 3.05) is 18.8 Å². The molecule has 21 heavy (non-hydrogen) atoms. The van der Waals surface area contributed by atoms with Gasteiger partial charge in [0, 0.05) is 18.1 Å². The first-order valence-electron chi connectivity index (χ1n) is 6.98. The molecule has 0 radical (unpaired) electrons. The molecule has 1 aliphatic heterocycles. The van der Waals surface area contributed by atoms with Crippen LogP contribution in [0.5, 0.6) is 0 Å². The maximum absolute atomic E-state index is 12.5. The highest BCUT2D eigenvalue weighted by atomic mass is 35.5. The molecular weight excluding hydrogens is 312 g/mol. The molecule has 1 fully saturated rings. The quantitative estimate of drug-likeness (QED) is 0.897. The van der Waals surface area contributed by atoms with Gasteiger partial charge in [-0.05, 0) is 24.1 Å². The monoisotopic (exact) mass is 330 g/mol. The SMILES string of the molecule is CCCCS(=O)(=O)N1CCNC(=O)C1c1ccc(Cl)cc1. The highest BCUT2D eigenvalue weighted by molar-refractivity contribution is 7.89. The fraction of sp³-hybridized carbons (Fsp3) is 0.500. The first-order valence-corrected chi connectivity index (χ1v) is 8.97. The Kier molecular flexibility index (Phi) is 5.24. The van der Waals surface area contributed by atoms with E-state index in [4.69, 9.17) is 11.6 Å². The molecule has 5 nitrogen and oxygen atoms in total. The molecule has 1 heterocycles. The summed E-state index contributed by atoms with van der Waals surface area (Å²) in [4.78, 5) is 12.2. The van der Waals surface area contributed by atoms with Crippen molar-refractivity contribution in [2.24, 2.45) is 0 Å². The summed E-state index contributed by atoms with van der Waals surface area (Å²) in [5.74, 6) is -0.218. The van der Waals surface area contributed by atoms with E-state index < -0.39 is 16.1 Å². The Balaban J connectivity index is 2.33. The van der Waals surface area contributed by atoms with Crippen molar-refractivity contribution in [3.05, 3.63) is 34.9 Å². The number of hydrogen-bond donors (Lipinski definition) is 1. The number of carbonyl (C=O) groups excluding carboxylic acids is 1. The van der Waals surface area contributed by atoms with Crippen LogP contribution in [0.15, 0.2) is 24.3 Å². The number of hydrogen-bond acceptors (Lipinski definition) is 3. The molecule has 1 aliphatic rings. The Hall–Kier alpha value is -1.11. The lowest BCUT2D eigenvalue weighted by molar-refractivity contribution is -0.126. The van der Waals surface area contributed by atoms with Crippen LogP contribution in [0, 0.1) is 0 Å². The van der Waals surface area contributed by atoms with E-state index in [1.807, 2.05) is 6.92 Å². The number of rotatable bonds is 5. The second kappa shape index (κ2) is 6.77. The van der Waals surface area contributed by atoms with Crippen molar-refractivity contribution < 1.29 is 13.2 Å². The molecular formula is C14H19ClN2O3S. The van der Waals surface area contributed by atoms with Gasteiger partial charge in [-0.3, -0.25) is 4.79 Å². The molecule has 1 unspecified atom stereocenters. The largest absolute Gasteiger partial charge is 0.353 e. The number of sulfonamides is 1. The van der Waals surface area contributed by atoms with Gasteiger partial charge in [0.25, 0.3) is 0 Å². The average molecular weight is 331 g/mol. The van der Waals surface area contributed by atoms with Crippen molar-refractivity contribution in [1.29, 1.82) is 0 Å². The van der Waals surface area contributed by atoms with E-state index in [0.29, 0.717) is 30.1 Å². The predicted molar refractivity (Wildman–Crippen MR) is 82.6 cm³/mol. The molecule has 0 spiro atoms. The van der Waals surface area contributed by atoms with Gasteiger partial charge >= 0.3 is 0 Å². The van der Waals surface area contributed by atoms with Crippen molar-refractivity contribution in [3.63, 3.8) is 0 Å². The number of nitrogens with one attached hydrogen (secondary N) is 1. The maximum Gasteiger partial charge on any atom is 0.243 e. The van der Waals surface area contributed by atoms with E-state index in [-0.39, 0.29) is 11.7 Å². The third-order valence-electron chi connectivity index (χ3n) is 3.47. The summed E-state index contributed by atoms with van der Waals surface area (Å²) in [7, 11) is -3.45. The predicted octanol–water partition coefficient (Wildman–Crippen LogP) is 1.94. The second-order valence-electron chi connectivity index (χ2n) is 5.03. The zero-order chi connectivity index (χ0) is 15.5. The fourth-order valence-electron chi connectivity index (χ4n) is 2.35. The number of unbranched alkanes of at least 4 members (excludes halogenated alkanes) is 1. The molecule has 0 aromatic heterocycles. The molecule has 1 aromatic carbocycles. The standard InChI is InChI=1S/C14H19ClN2O3S/c1-2-3-10-21(19,20)17-9-8-16-14(18)13(17)11-4-6-12(15)7-5-11/h4-7,13H,2-3,8-10H2,1H3,(H,16,18). The van der Waals surface area contributed by atoms with Gasteiger partial charge < -0.3 is 5.32 Å². The van der Waals surface area contributed by atoms with E-state index in [0.717, 1.165) is 6.42 Å². The van der Waals surface area contributed by atoms with Crippen molar-refractivity contribution in [1.82, 2.24) is 9.62 Å². The van der Waals surface area contributed by atoms with Crippen molar-refractivity contribution in [3.8, 4) is 0 Å². The average Bonchev–Trinajstić information content (AvgIpc) is 2.46. The Labute approximate surface area is 130 Å². The molecule has 2 rings (SSSR count). The van der Waals surface area contributed by atoms with Crippen LogP contribution in [-0.2, 0) is 14.8 Å². The van der Waals surface area contributed by atoms with Crippen LogP contribution in [0.1, 0.15) is 31.4 Å². The fourth-order valence-corrected chi connectivity index (χ4v) is 4.27. The molecule has 116 valence electrons. The van der Waals surface area contributed by atoms with Crippen LogP contribution in [0.25, 0.3) is 0 Å². The van der Waals surface area contributed by atoms with Gasteiger partial charge in [0.2, 0.25) is 15.9 Å². The van der Waals surface area contributed by atoms with Crippen LogP contribution in [0.3, 0.4) is 0 Å². The summed E-state index contributed by atoms with van der Waals surface area (Å²) in [6, 6.07) is 5.91. The Bertz CT molecular complexity index is 601. The Morgan fingerprint density at radius 3 is 2.62 bits per heavy atom. The summed E-state index contributed by atoms with van der Waals surface area (Å²) >= 11 is 5.85. The number of halogens is 1. The molecule has 1 amide bonds. The normalized spacial score (nSPS) is 20.3. The third kappa shape index (κ3) is 3.75. The molecule has 0 bridgehead atoms. The van der Waals surface area contributed by atoms with E-state index in [1.54, 1.807) is 24.3 Å². The van der Waals surface area contributed by atoms with Crippen LogP contribution in [0.2, 0.25) is 5.02 Å². The molecule has 1 aromatic rings. The first-order chi connectivity index (χ1) is 9.95. The topological polar surface area (TPSA) is 66.5 Å². The lowest BCUT2D eigenvalue weighted by Gasteiger charge is -2.34. The number of benzene rings is 1. The minimum Gasteiger partial charge on any atom is -0.353 e. The van der Waals surface area contributed by atoms with Gasteiger partial charge in [0.15, 0.2) is 0 Å². The molecule has 7 heteroatoms. The number of nitrogens with zero attached hydrogens (tertiary/aromatic N) is 1. The highest BCUT2D eigenvalue weighted by Crippen LogP contribution is 2.27. The molecule has 1 saturated heterocycles. The molecule has 1 N–H and O–H groups in total. The van der Waals surface area contributed by atoms with E-state index in [2.05, 4.69) is 5.32 Å². The first kappa shape index (κ1) is 16.3. The van der Waals surface area contributed by atoms with Gasteiger partial charge in [-0.2, -0.15) is 4.31 Å². The van der Waals surface area contributed by atoms with Crippen LogP contribution in [-0.4, -0.2) is 37.5 Å². The van der Waals surface area contributed by atoms with Gasteiger partial charge in [0.05, 0.1) is 5.75 Å². The van der Waals surface area contributed by atoms with E-state index >= 15 is 0 Å². The maximum atomic E-state index is 12.5. The second-order valence-corrected chi connectivity index (χ2v) is 7.50. The number of amides is 1. The van der Waals surface area contributed by atoms with Crippen molar-refractivity contribution >= 4 is 27.5 Å². The lowest BCUT2D eigenvalue weighted by Crippen LogP contribution is -2.52. The number of piperazine rings is 1. The summed E-state index contributed by atoms with van der Waals surface area (Å²) in [5.41, 5.74) is 0.636. The van der Waals surface area contributed by atoms with Gasteiger partial charge in [-0.1, -0.05) is 37.1 Å². The lowest BCUT2D eigenvalue weighted by atomic mass is 10.1. The summed E-state index contributed by atoms with van der Waals surface area (Å²) in [6.45, 7) is 2.58. The Morgan fingerprint density at radius 2 is 2.00 bits per heavy atom. The van der Waals surface area contributed by atoms with Crippen LogP contribution in [0.4, 0.5) is 0 Å². The summed E-state index contributed by atoms with van der Waals surface area (Å²) in [6.07, 6.45) is 1.39. The minimum atomic E-state index is -3.45. The van der Waals surface area contributed by atoms with Gasteiger partial charge in [0.1, 0.15) is 6.04 Å². The summed E-state index contributed by atoms with van der Waals surface area (Å²) < 4.78 is 26.2. The van der Waals surface area contributed by atoms with Gasteiger partial charge in [-0.15, -0.1) is 0 Å². The molecule has 1 atom stereocenters. The molecule has 0 saturated carbocycles. The zero-order valence-electron chi connectivity index (χ0n) is 11.9. The molecule has 0 aliphatic carbocycles. The smallest absolute Gasteiger partial charge is 0.243 e. The van der Waals surface area contributed by atoms with E-state index in [1.165, 1.54) is 4.31 Å². The van der Waals surface area contributed by atoms with Gasteiger partial charge in [-0.25, -0.2) is 8.42 Å². The van der Waals surface area contributed by atoms with Crippen molar-refractivity contribution in [2.45, 2.75) is 25.8 Å². The summed E-state index contributed by atoms with van der Waals surface area (Å²) in [5, 5.41) is 3.28. The minimum absolute atomic E-state index is 0.0703. The highest BCUT2D eigenvalue weighted by Gasteiger charge is 2.38. The Morgan fingerprint density at radius 1 is 1.33 bits per heavy atom. The number of carbonyl (C=O) groups is 1. The van der Waals surface area contributed by atoms with E-state index in [9.17, 15) is 13.2 Å². The van der Waals surface area contributed by atoms with Crippen LogP contribution < -0.4 is 5.32 Å². The third-order valence-corrected chi connectivity index (χ3v) is 5.63.